The molecule has 1 rings (SSSR count). The Balaban J connectivity index is 2.72. The number of carbonyl (C=O) groups excluding carboxylic acids is 1. The first-order valence-electron chi connectivity index (χ1n) is 7.79. The summed E-state index contributed by atoms with van der Waals surface area (Å²) in [5.41, 5.74) is 0. The minimum Gasteiger partial charge on any atom is -0.300 e. The molecule has 1 aliphatic rings. The van der Waals surface area contributed by atoms with Gasteiger partial charge >= 0.3 is 23.9 Å². The largest absolute Gasteiger partial charge is 0.460 e. The van der Waals surface area contributed by atoms with E-state index in [9.17, 15) is 44.3 Å². The van der Waals surface area contributed by atoms with Gasteiger partial charge < -0.3 is 0 Å². The van der Waals surface area contributed by atoms with E-state index in [4.69, 9.17) is 5.26 Å². The van der Waals surface area contributed by atoms with Crippen molar-refractivity contribution in [3.8, 4) is 6.07 Å². The highest BCUT2D eigenvalue weighted by molar-refractivity contribution is 5.79. The Morgan fingerprint density at radius 3 is 1.88 bits per heavy atom. The van der Waals surface area contributed by atoms with Crippen LogP contribution in [0.15, 0.2) is 0 Å². The Labute approximate surface area is 143 Å². The lowest BCUT2D eigenvalue weighted by molar-refractivity contribution is -0.396. The van der Waals surface area contributed by atoms with Gasteiger partial charge in [-0.1, -0.05) is 0 Å². The summed E-state index contributed by atoms with van der Waals surface area (Å²) in [6.45, 7) is 0. The van der Waals surface area contributed by atoms with Crippen molar-refractivity contribution in [3.63, 3.8) is 0 Å². The van der Waals surface area contributed by atoms with Crippen LogP contribution in [0.25, 0.3) is 0 Å². The van der Waals surface area contributed by atoms with Crippen LogP contribution in [0.1, 0.15) is 44.9 Å². The third-order valence-corrected chi connectivity index (χ3v) is 4.54. The summed E-state index contributed by atoms with van der Waals surface area (Å²) >= 11 is 0. The van der Waals surface area contributed by atoms with Gasteiger partial charge in [0.05, 0.1) is 6.07 Å². The van der Waals surface area contributed by atoms with Crippen LogP contribution in [0.2, 0.25) is 0 Å². The summed E-state index contributed by atoms with van der Waals surface area (Å²) in [5.74, 6) is -20.3. The number of hydrogen-bond acceptors (Lipinski definition) is 2. The summed E-state index contributed by atoms with van der Waals surface area (Å²) in [6, 6.07) is 1.79. The molecule has 150 valence electrons. The number of carbonyl (C=O) groups is 1. The van der Waals surface area contributed by atoms with Gasteiger partial charge in [0.15, 0.2) is 0 Å². The van der Waals surface area contributed by atoms with Gasteiger partial charge in [0, 0.05) is 25.2 Å². The molecule has 2 nitrogen and oxygen atoms in total. The topological polar surface area (TPSA) is 40.9 Å². The molecule has 0 heterocycles. The van der Waals surface area contributed by atoms with Gasteiger partial charge in [-0.25, -0.2) is 0 Å². The molecule has 0 amide bonds. The molecule has 0 N–H and O–H groups in total. The van der Waals surface area contributed by atoms with Crippen LogP contribution in [0.4, 0.5) is 39.5 Å². The van der Waals surface area contributed by atoms with E-state index in [1.54, 1.807) is 6.07 Å². The predicted octanol–water partition coefficient (Wildman–Crippen LogP) is 5.52. The minimum absolute atomic E-state index is 0.0292. The Bertz CT molecular complexity index is 540. The molecule has 1 fully saturated rings. The number of hydrogen-bond donors (Lipinski definition) is 0. The van der Waals surface area contributed by atoms with E-state index in [1.165, 1.54) is 0 Å². The highest BCUT2D eigenvalue weighted by Gasteiger charge is 2.81. The van der Waals surface area contributed by atoms with Gasteiger partial charge in [-0.2, -0.15) is 44.8 Å². The van der Waals surface area contributed by atoms with E-state index in [1.807, 2.05) is 0 Å². The average Bonchev–Trinajstić information content (AvgIpc) is 2.51. The van der Waals surface area contributed by atoms with E-state index in [0.717, 1.165) is 0 Å². The standard InChI is InChI=1S/C15H16F9NO/c16-12(17,13(18,19)14(20,21)15(22,23)24)7-1-2-10(8-25)9-3-5-11(26)6-4-9/h9-10H,1-7H2. The first-order valence-corrected chi connectivity index (χ1v) is 7.79. The molecule has 0 aromatic heterocycles. The van der Waals surface area contributed by atoms with Gasteiger partial charge in [-0.05, 0) is 31.6 Å². The molecule has 0 radical (unpaired) electrons. The molecule has 1 unspecified atom stereocenters. The summed E-state index contributed by atoms with van der Waals surface area (Å²) in [5, 5.41) is 9.03. The summed E-state index contributed by atoms with van der Waals surface area (Å²) in [4.78, 5) is 11.1. The van der Waals surface area contributed by atoms with Gasteiger partial charge in [0.1, 0.15) is 5.78 Å². The third kappa shape index (κ3) is 4.43. The average molecular weight is 397 g/mol. The maximum atomic E-state index is 13.4. The Morgan fingerprint density at radius 1 is 0.962 bits per heavy atom. The number of halogens is 9. The quantitative estimate of drug-likeness (QED) is 0.531. The lowest BCUT2D eigenvalue weighted by atomic mass is 9.78. The van der Waals surface area contributed by atoms with E-state index in [2.05, 4.69) is 0 Å². The van der Waals surface area contributed by atoms with E-state index < -0.39 is 42.7 Å². The second-order valence-corrected chi connectivity index (χ2v) is 6.35. The zero-order chi connectivity index (χ0) is 20.4. The molecule has 0 bridgehead atoms. The minimum atomic E-state index is -6.89. The lowest BCUT2D eigenvalue weighted by Crippen LogP contribution is -2.60. The van der Waals surface area contributed by atoms with Gasteiger partial charge in [-0.3, -0.25) is 4.79 Å². The Kier molecular flexibility index (Phi) is 6.64. The normalized spacial score (nSPS) is 19.3. The van der Waals surface area contributed by atoms with Crippen LogP contribution < -0.4 is 0 Å². The van der Waals surface area contributed by atoms with Crippen LogP contribution in [0.5, 0.6) is 0 Å². The van der Waals surface area contributed by atoms with Crippen LogP contribution in [-0.4, -0.2) is 29.7 Å². The molecule has 0 spiro atoms. The molecule has 11 heteroatoms. The van der Waals surface area contributed by atoms with Crippen molar-refractivity contribution >= 4 is 5.78 Å². The van der Waals surface area contributed by atoms with Crippen molar-refractivity contribution in [2.24, 2.45) is 11.8 Å². The maximum Gasteiger partial charge on any atom is 0.460 e. The highest BCUT2D eigenvalue weighted by atomic mass is 19.4. The molecule has 0 saturated heterocycles. The molecule has 1 aliphatic carbocycles. The third-order valence-electron chi connectivity index (χ3n) is 4.54. The molecule has 0 aromatic carbocycles. The van der Waals surface area contributed by atoms with Crippen molar-refractivity contribution in [3.05, 3.63) is 0 Å². The van der Waals surface area contributed by atoms with Crippen molar-refractivity contribution in [1.29, 1.82) is 5.26 Å². The summed E-state index contributed by atoms with van der Waals surface area (Å²) < 4.78 is 115. The SMILES string of the molecule is N#CC(CCCC(F)(F)C(F)(F)C(F)(F)C(F)(F)F)C1CCC(=O)CC1. The number of nitriles is 1. The lowest BCUT2D eigenvalue weighted by Gasteiger charge is -2.34. The maximum absolute atomic E-state index is 13.4. The van der Waals surface area contributed by atoms with E-state index in [-0.39, 0.29) is 31.0 Å². The Morgan fingerprint density at radius 2 is 1.46 bits per heavy atom. The second kappa shape index (κ2) is 7.64. The van der Waals surface area contributed by atoms with Gasteiger partial charge in [0.25, 0.3) is 0 Å². The Hall–Kier alpha value is -1.47. The monoisotopic (exact) mass is 397 g/mol. The fourth-order valence-corrected chi connectivity index (χ4v) is 2.88. The zero-order valence-electron chi connectivity index (χ0n) is 13.4. The summed E-state index contributed by atoms with van der Waals surface area (Å²) in [6.07, 6.45) is -8.94. The summed E-state index contributed by atoms with van der Waals surface area (Å²) in [7, 11) is 0. The van der Waals surface area contributed by atoms with Crippen LogP contribution in [0, 0.1) is 23.2 Å². The number of rotatable bonds is 7. The molecule has 0 aliphatic heterocycles. The molecule has 1 saturated carbocycles. The molecular formula is C15H16F9NO. The zero-order valence-corrected chi connectivity index (χ0v) is 13.4. The predicted molar refractivity (Wildman–Crippen MR) is 70.8 cm³/mol. The smallest absolute Gasteiger partial charge is 0.300 e. The number of nitrogens with zero attached hydrogens (tertiary/aromatic N) is 1. The highest BCUT2D eigenvalue weighted by Crippen LogP contribution is 2.54. The van der Waals surface area contributed by atoms with Crippen molar-refractivity contribution < 1.29 is 44.3 Å². The van der Waals surface area contributed by atoms with E-state index >= 15 is 0 Å². The van der Waals surface area contributed by atoms with E-state index in [0.29, 0.717) is 12.8 Å². The molecule has 26 heavy (non-hydrogen) atoms. The van der Waals surface area contributed by atoms with Crippen LogP contribution in [-0.2, 0) is 4.79 Å². The van der Waals surface area contributed by atoms with Crippen LogP contribution in [0.3, 0.4) is 0 Å². The van der Waals surface area contributed by atoms with Gasteiger partial charge in [-0.15, -0.1) is 0 Å². The number of ketones is 1. The molecular weight excluding hydrogens is 381 g/mol. The second-order valence-electron chi connectivity index (χ2n) is 6.35. The fourth-order valence-electron chi connectivity index (χ4n) is 2.88. The fraction of sp³-hybridized carbons (Fsp3) is 0.867. The van der Waals surface area contributed by atoms with Crippen molar-refractivity contribution in [2.75, 3.05) is 0 Å². The molecule has 0 aromatic rings. The number of alkyl halides is 9. The first-order chi connectivity index (χ1) is 11.7. The van der Waals surface area contributed by atoms with Crippen molar-refractivity contribution in [1.82, 2.24) is 0 Å². The molecule has 1 atom stereocenters. The number of Topliss-reactive ketones (excluding diaryl/α,β-unsaturated/α-hetero) is 1. The van der Waals surface area contributed by atoms with Crippen LogP contribution >= 0.6 is 0 Å². The van der Waals surface area contributed by atoms with Crippen molar-refractivity contribution in [2.45, 2.75) is 68.9 Å². The van der Waals surface area contributed by atoms with Gasteiger partial charge in [0.2, 0.25) is 0 Å². The first kappa shape index (κ1) is 22.6.